The molecule has 1 saturated heterocycles. The van der Waals surface area contributed by atoms with Gasteiger partial charge < -0.3 is 10.2 Å². The maximum Gasteiger partial charge on any atom is 0.264 e. The first-order valence-electron chi connectivity index (χ1n) is 8.42. The van der Waals surface area contributed by atoms with Gasteiger partial charge in [-0.1, -0.05) is 45.4 Å². The third kappa shape index (κ3) is 10.2. The molecule has 0 aromatic heterocycles. The number of hydrogen-bond acceptors (Lipinski definition) is 4. The van der Waals surface area contributed by atoms with Gasteiger partial charge in [-0.2, -0.15) is 8.42 Å². The molecule has 21 heavy (non-hydrogen) atoms. The van der Waals surface area contributed by atoms with Crippen molar-refractivity contribution in [1.29, 1.82) is 0 Å². The van der Waals surface area contributed by atoms with E-state index in [0.717, 1.165) is 26.2 Å². The lowest BCUT2D eigenvalue weighted by Crippen LogP contribution is -2.50. The largest absolute Gasteiger partial charge is 0.311 e. The van der Waals surface area contributed by atoms with Gasteiger partial charge in [0.2, 0.25) is 0 Å². The van der Waals surface area contributed by atoms with Crippen molar-refractivity contribution >= 4 is 10.1 Å². The highest BCUT2D eigenvalue weighted by Gasteiger charge is 2.18. The molecule has 0 amide bonds. The van der Waals surface area contributed by atoms with Crippen LogP contribution in [0, 0.1) is 0 Å². The summed E-state index contributed by atoms with van der Waals surface area (Å²) in [6.07, 6.45) is 9.67. The van der Waals surface area contributed by atoms with Crippen molar-refractivity contribution in [1.82, 2.24) is 10.2 Å². The molecule has 1 aliphatic rings. The third-order valence-corrected chi connectivity index (χ3v) is 4.93. The van der Waals surface area contributed by atoms with E-state index < -0.39 is 10.1 Å². The summed E-state index contributed by atoms with van der Waals surface area (Å²) in [5.74, 6) is -0.126. The summed E-state index contributed by atoms with van der Waals surface area (Å²) in [6.45, 7) is 5.95. The van der Waals surface area contributed by atoms with E-state index in [-0.39, 0.29) is 5.75 Å². The highest BCUT2D eigenvalue weighted by Crippen LogP contribution is 2.11. The fourth-order valence-electron chi connectivity index (χ4n) is 2.93. The highest BCUT2D eigenvalue weighted by molar-refractivity contribution is 7.85. The van der Waals surface area contributed by atoms with Crippen molar-refractivity contribution < 1.29 is 13.0 Å². The van der Waals surface area contributed by atoms with Gasteiger partial charge in [-0.15, -0.1) is 0 Å². The van der Waals surface area contributed by atoms with Crippen molar-refractivity contribution in [3.8, 4) is 0 Å². The molecular weight excluding hydrogens is 288 g/mol. The van der Waals surface area contributed by atoms with E-state index >= 15 is 0 Å². The van der Waals surface area contributed by atoms with Gasteiger partial charge in [0.25, 0.3) is 10.1 Å². The molecule has 1 unspecified atom stereocenters. The molecule has 6 heteroatoms. The van der Waals surface area contributed by atoms with Crippen LogP contribution in [-0.4, -0.2) is 55.8 Å². The topological polar surface area (TPSA) is 69.6 Å². The van der Waals surface area contributed by atoms with Crippen LogP contribution in [0.15, 0.2) is 0 Å². The van der Waals surface area contributed by atoms with Crippen molar-refractivity contribution in [2.45, 2.75) is 64.3 Å². The fourth-order valence-corrected chi connectivity index (χ4v) is 3.43. The maximum atomic E-state index is 10.7. The molecule has 0 bridgehead atoms. The second kappa shape index (κ2) is 10.5. The summed E-state index contributed by atoms with van der Waals surface area (Å²) in [5.41, 5.74) is 0. The van der Waals surface area contributed by atoms with Crippen molar-refractivity contribution in [3.05, 3.63) is 0 Å². The SMILES string of the molecule is CCCCCCCCC1CN(CCCS(=O)(=O)O)CCN1. The number of hydrogen-bond donors (Lipinski definition) is 2. The van der Waals surface area contributed by atoms with Gasteiger partial charge in [0, 0.05) is 25.7 Å². The molecule has 2 N–H and O–H groups in total. The van der Waals surface area contributed by atoms with E-state index in [1.165, 1.54) is 44.9 Å². The van der Waals surface area contributed by atoms with Crippen LogP contribution in [0.5, 0.6) is 0 Å². The molecule has 126 valence electrons. The fraction of sp³-hybridized carbons (Fsp3) is 1.00. The number of nitrogens with zero attached hydrogens (tertiary/aromatic N) is 1. The first kappa shape index (κ1) is 18.9. The molecule has 5 nitrogen and oxygen atoms in total. The van der Waals surface area contributed by atoms with Crippen LogP contribution in [0.4, 0.5) is 0 Å². The van der Waals surface area contributed by atoms with Gasteiger partial charge in [0.1, 0.15) is 0 Å². The maximum absolute atomic E-state index is 10.7. The Kier molecular flexibility index (Phi) is 9.47. The quantitative estimate of drug-likeness (QED) is 0.451. The van der Waals surface area contributed by atoms with Gasteiger partial charge in [-0.3, -0.25) is 4.55 Å². The van der Waals surface area contributed by atoms with Gasteiger partial charge in [0.05, 0.1) is 5.75 Å². The van der Waals surface area contributed by atoms with Crippen LogP contribution in [0.3, 0.4) is 0 Å². The molecule has 0 spiro atoms. The second-order valence-electron chi connectivity index (χ2n) is 6.15. The van der Waals surface area contributed by atoms with Crippen LogP contribution >= 0.6 is 0 Å². The number of rotatable bonds is 11. The minimum atomic E-state index is -3.81. The Morgan fingerprint density at radius 1 is 1.14 bits per heavy atom. The average Bonchev–Trinajstić information content (AvgIpc) is 2.42. The molecule has 1 heterocycles. The van der Waals surface area contributed by atoms with E-state index in [9.17, 15) is 8.42 Å². The van der Waals surface area contributed by atoms with Gasteiger partial charge in [-0.05, 0) is 19.4 Å². The lowest BCUT2D eigenvalue weighted by molar-refractivity contribution is 0.193. The summed E-state index contributed by atoms with van der Waals surface area (Å²) >= 11 is 0. The summed E-state index contributed by atoms with van der Waals surface area (Å²) in [4.78, 5) is 2.31. The zero-order valence-electron chi connectivity index (χ0n) is 13.4. The van der Waals surface area contributed by atoms with Crippen LogP contribution < -0.4 is 5.32 Å². The molecular formula is C15H32N2O3S. The summed E-state index contributed by atoms with van der Waals surface area (Å²) in [6, 6.07) is 0.538. The number of piperazine rings is 1. The van der Waals surface area contributed by atoms with E-state index in [2.05, 4.69) is 17.1 Å². The third-order valence-electron chi connectivity index (χ3n) is 4.12. The van der Waals surface area contributed by atoms with Gasteiger partial charge in [-0.25, -0.2) is 0 Å². The lowest BCUT2D eigenvalue weighted by atomic mass is 10.0. The predicted octanol–water partition coefficient (Wildman–Crippen LogP) is 2.29. The number of nitrogens with one attached hydrogen (secondary N) is 1. The summed E-state index contributed by atoms with van der Waals surface area (Å²) in [5, 5.41) is 3.55. The Labute approximate surface area is 130 Å². The molecule has 1 atom stereocenters. The smallest absolute Gasteiger partial charge is 0.264 e. The Morgan fingerprint density at radius 3 is 2.57 bits per heavy atom. The van der Waals surface area contributed by atoms with Crippen LogP contribution in [0.25, 0.3) is 0 Å². The zero-order chi connectivity index (χ0) is 15.6. The monoisotopic (exact) mass is 320 g/mol. The van der Waals surface area contributed by atoms with E-state index in [1.54, 1.807) is 0 Å². The minimum Gasteiger partial charge on any atom is -0.311 e. The molecule has 1 rings (SSSR count). The van der Waals surface area contributed by atoms with Crippen LogP contribution in [0.2, 0.25) is 0 Å². The molecule has 1 fully saturated rings. The molecule has 0 aliphatic carbocycles. The first-order valence-corrected chi connectivity index (χ1v) is 10.0. The number of unbranched alkanes of at least 4 members (excludes halogenated alkanes) is 5. The Morgan fingerprint density at radius 2 is 1.86 bits per heavy atom. The van der Waals surface area contributed by atoms with E-state index in [4.69, 9.17) is 4.55 Å². The molecule has 0 aromatic rings. The predicted molar refractivity (Wildman–Crippen MR) is 87.3 cm³/mol. The lowest BCUT2D eigenvalue weighted by Gasteiger charge is -2.33. The Hall–Kier alpha value is -0.170. The summed E-state index contributed by atoms with van der Waals surface area (Å²) in [7, 11) is -3.81. The summed E-state index contributed by atoms with van der Waals surface area (Å²) < 4.78 is 30.2. The van der Waals surface area contributed by atoms with E-state index in [0.29, 0.717) is 12.5 Å². The molecule has 0 radical (unpaired) electrons. The van der Waals surface area contributed by atoms with Crippen LogP contribution in [-0.2, 0) is 10.1 Å². The van der Waals surface area contributed by atoms with Crippen molar-refractivity contribution in [2.24, 2.45) is 0 Å². The zero-order valence-corrected chi connectivity index (χ0v) is 14.2. The molecule has 1 aliphatic heterocycles. The molecule has 0 saturated carbocycles. The average molecular weight is 320 g/mol. The second-order valence-corrected chi connectivity index (χ2v) is 7.72. The first-order chi connectivity index (χ1) is 10.0. The van der Waals surface area contributed by atoms with Crippen molar-refractivity contribution in [3.63, 3.8) is 0 Å². The van der Waals surface area contributed by atoms with Gasteiger partial charge in [0.15, 0.2) is 0 Å². The minimum absolute atomic E-state index is 0.126. The Balaban J connectivity index is 2.08. The van der Waals surface area contributed by atoms with Crippen LogP contribution in [0.1, 0.15) is 58.3 Å². The van der Waals surface area contributed by atoms with Crippen molar-refractivity contribution in [2.75, 3.05) is 31.9 Å². The standard InChI is InChI=1S/C15H32N2O3S/c1-2-3-4-5-6-7-9-15-14-17(12-10-16-15)11-8-13-21(18,19)20/h15-16H,2-14H2,1H3,(H,18,19,20). The highest BCUT2D eigenvalue weighted by atomic mass is 32.2. The molecule has 0 aromatic carbocycles. The van der Waals surface area contributed by atoms with E-state index in [1.807, 2.05) is 0 Å². The normalized spacial score (nSPS) is 20.8. The van der Waals surface area contributed by atoms with Gasteiger partial charge >= 0.3 is 0 Å². The Bertz CT molecular complexity index is 360.